The summed E-state index contributed by atoms with van der Waals surface area (Å²) in [5.74, 6) is 0. The molecule has 1 heteroatoms. The Morgan fingerprint density at radius 2 is 2.38 bits per heavy atom. The second-order valence-corrected chi connectivity index (χ2v) is 4.86. The topological polar surface area (TPSA) is 0 Å². The maximum atomic E-state index is 2.30. The number of hydrogen-bond acceptors (Lipinski definition) is 0. The summed E-state index contributed by atoms with van der Waals surface area (Å²) in [6.07, 6.45) is 2.70. The molecule has 46 valence electrons. The molecule has 8 heavy (non-hydrogen) atoms. The summed E-state index contributed by atoms with van der Waals surface area (Å²) in [6, 6.07) is 0. The summed E-state index contributed by atoms with van der Waals surface area (Å²) in [6.45, 7) is 4.56. The first-order chi connectivity index (χ1) is 3.84. The molecule has 0 amide bonds. The Hall–Kier alpha value is 0.259. The fourth-order valence-corrected chi connectivity index (χ4v) is 3.35. The van der Waals surface area contributed by atoms with Crippen LogP contribution in [0.2, 0.25) is 5.32 Å². The van der Waals surface area contributed by atoms with Gasteiger partial charge in [-0.15, -0.1) is 0 Å². The van der Waals surface area contributed by atoms with Gasteiger partial charge in [-0.05, 0) is 0 Å². The van der Waals surface area contributed by atoms with Crippen LogP contribution >= 0.6 is 0 Å². The Kier molecular flexibility index (Phi) is 2.16. The minimum absolute atomic E-state index is 0.880. The van der Waals surface area contributed by atoms with E-state index in [0.717, 1.165) is 15.0 Å². The van der Waals surface area contributed by atoms with Crippen LogP contribution in [0.3, 0.4) is 0 Å². The first-order valence-electron chi connectivity index (χ1n) is 3.16. The minimum atomic E-state index is 0.880. The molecule has 0 bridgehead atoms. The standard InChI is InChI=1S/C7H12Se/c1-3-7-4-5-8-6(7)2/h3-5H2,1-2H3. The van der Waals surface area contributed by atoms with Crippen molar-refractivity contribution in [1.29, 1.82) is 0 Å². The van der Waals surface area contributed by atoms with Crippen LogP contribution in [0, 0.1) is 0 Å². The van der Waals surface area contributed by atoms with Crippen molar-refractivity contribution >= 4 is 15.0 Å². The number of rotatable bonds is 1. The van der Waals surface area contributed by atoms with Crippen LogP contribution in [0.5, 0.6) is 0 Å². The van der Waals surface area contributed by atoms with E-state index < -0.39 is 0 Å². The quantitative estimate of drug-likeness (QED) is 0.536. The van der Waals surface area contributed by atoms with Crippen LogP contribution in [0.15, 0.2) is 10.0 Å². The summed E-state index contributed by atoms with van der Waals surface area (Å²) >= 11 is 0.880. The van der Waals surface area contributed by atoms with Gasteiger partial charge in [0, 0.05) is 0 Å². The normalized spacial score (nSPS) is 20.2. The van der Waals surface area contributed by atoms with Crippen molar-refractivity contribution in [3.63, 3.8) is 0 Å². The zero-order valence-electron chi connectivity index (χ0n) is 5.53. The Labute approximate surface area is 57.5 Å². The van der Waals surface area contributed by atoms with E-state index in [2.05, 4.69) is 13.8 Å². The molecule has 0 fully saturated rings. The average molecular weight is 175 g/mol. The molecular weight excluding hydrogens is 163 g/mol. The molecule has 0 aromatic carbocycles. The van der Waals surface area contributed by atoms with Gasteiger partial charge < -0.3 is 0 Å². The zero-order chi connectivity index (χ0) is 5.98. The van der Waals surface area contributed by atoms with E-state index in [9.17, 15) is 0 Å². The molecule has 0 N–H and O–H groups in total. The monoisotopic (exact) mass is 176 g/mol. The van der Waals surface area contributed by atoms with E-state index in [4.69, 9.17) is 0 Å². The molecule has 0 saturated heterocycles. The van der Waals surface area contributed by atoms with Crippen LogP contribution < -0.4 is 0 Å². The van der Waals surface area contributed by atoms with Gasteiger partial charge in [0.05, 0.1) is 0 Å². The molecule has 0 radical (unpaired) electrons. The van der Waals surface area contributed by atoms with Gasteiger partial charge >= 0.3 is 57.0 Å². The summed E-state index contributed by atoms with van der Waals surface area (Å²) < 4.78 is 1.72. The summed E-state index contributed by atoms with van der Waals surface area (Å²) in [5, 5.41) is 1.47. The van der Waals surface area contributed by atoms with Crippen molar-refractivity contribution in [3.05, 3.63) is 10.0 Å². The number of hydrogen-bond donors (Lipinski definition) is 0. The fraction of sp³-hybridized carbons (Fsp3) is 0.714. The van der Waals surface area contributed by atoms with Crippen molar-refractivity contribution in [2.24, 2.45) is 0 Å². The number of allylic oxidation sites excluding steroid dienone is 2. The van der Waals surface area contributed by atoms with Gasteiger partial charge in [0.2, 0.25) is 0 Å². The Balaban J connectivity index is 2.58. The van der Waals surface area contributed by atoms with Crippen LogP contribution in [-0.2, 0) is 0 Å². The van der Waals surface area contributed by atoms with Crippen molar-refractivity contribution < 1.29 is 0 Å². The SMILES string of the molecule is CCC1=C(C)[Se]CC1. The van der Waals surface area contributed by atoms with E-state index >= 15 is 0 Å². The third-order valence-electron chi connectivity index (χ3n) is 1.65. The van der Waals surface area contributed by atoms with Gasteiger partial charge in [0.1, 0.15) is 0 Å². The van der Waals surface area contributed by atoms with E-state index in [1.165, 1.54) is 18.2 Å². The predicted octanol–water partition coefficient (Wildman–Crippen LogP) is 2.20. The van der Waals surface area contributed by atoms with Crippen LogP contribution in [0.1, 0.15) is 26.7 Å². The molecule has 0 saturated carbocycles. The van der Waals surface area contributed by atoms with Crippen molar-refractivity contribution in [1.82, 2.24) is 0 Å². The molecule has 1 heterocycles. The second kappa shape index (κ2) is 2.70. The summed E-state index contributed by atoms with van der Waals surface area (Å²) in [5.41, 5.74) is 1.74. The van der Waals surface area contributed by atoms with Crippen molar-refractivity contribution in [2.75, 3.05) is 0 Å². The second-order valence-electron chi connectivity index (χ2n) is 2.11. The third-order valence-corrected chi connectivity index (χ3v) is 4.02. The molecule has 1 rings (SSSR count). The van der Waals surface area contributed by atoms with E-state index in [-0.39, 0.29) is 0 Å². The maximum absolute atomic E-state index is 2.30. The Bertz CT molecular complexity index is 114. The molecule has 0 aromatic rings. The van der Waals surface area contributed by atoms with Crippen LogP contribution in [0.4, 0.5) is 0 Å². The van der Waals surface area contributed by atoms with Gasteiger partial charge in [0.25, 0.3) is 0 Å². The van der Waals surface area contributed by atoms with Crippen LogP contribution in [0.25, 0.3) is 0 Å². The molecule has 0 aliphatic carbocycles. The van der Waals surface area contributed by atoms with Crippen molar-refractivity contribution in [3.8, 4) is 0 Å². The molecule has 1 aliphatic rings. The molecule has 0 spiro atoms. The summed E-state index contributed by atoms with van der Waals surface area (Å²) in [4.78, 5) is 0. The van der Waals surface area contributed by atoms with Gasteiger partial charge in [0.15, 0.2) is 0 Å². The molecule has 0 nitrogen and oxygen atoms in total. The van der Waals surface area contributed by atoms with Gasteiger partial charge in [-0.25, -0.2) is 0 Å². The molecular formula is C7H12Se. The van der Waals surface area contributed by atoms with Gasteiger partial charge in [-0.1, -0.05) is 0 Å². The predicted molar refractivity (Wildman–Crippen MR) is 38.2 cm³/mol. The summed E-state index contributed by atoms with van der Waals surface area (Å²) in [7, 11) is 0. The average Bonchev–Trinajstić information content (AvgIpc) is 2.14. The third kappa shape index (κ3) is 1.15. The molecule has 0 atom stereocenters. The molecule has 0 unspecified atom stereocenters. The van der Waals surface area contributed by atoms with Gasteiger partial charge in [-0.2, -0.15) is 0 Å². The first kappa shape index (κ1) is 6.38. The Morgan fingerprint density at radius 1 is 1.62 bits per heavy atom. The van der Waals surface area contributed by atoms with E-state index in [1.807, 2.05) is 0 Å². The van der Waals surface area contributed by atoms with Crippen LogP contribution in [-0.4, -0.2) is 15.0 Å². The van der Waals surface area contributed by atoms with Gasteiger partial charge in [-0.3, -0.25) is 0 Å². The molecule has 1 aliphatic heterocycles. The zero-order valence-corrected chi connectivity index (χ0v) is 7.24. The first-order valence-corrected chi connectivity index (χ1v) is 5.22. The van der Waals surface area contributed by atoms with E-state index in [0.29, 0.717) is 0 Å². The Morgan fingerprint density at radius 3 is 2.62 bits per heavy atom. The van der Waals surface area contributed by atoms with E-state index in [1.54, 1.807) is 10.0 Å². The molecule has 0 aromatic heterocycles. The fourth-order valence-electron chi connectivity index (χ4n) is 1.03. The van der Waals surface area contributed by atoms with Crippen molar-refractivity contribution in [2.45, 2.75) is 32.0 Å².